The maximum absolute atomic E-state index is 12.8. The summed E-state index contributed by atoms with van der Waals surface area (Å²) in [7, 11) is 0. The Labute approximate surface area is 104 Å². The number of hydrogen-bond acceptors (Lipinski definition) is 3. The fourth-order valence-electron chi connectivity index (χ4n) is 1.27. The number of amides is 2. The third-order valence-corrected chi connectivity index (χ3v) is 2.20. The molecule has 0 heterocycles. The normalized spacial score (nSPS) is 11.8. The molecule has 3 N–H and O–H groups in total. The summed E-state index contributed by atoms with van der Waals surface area (Å²) in [5.74, 6) is -2.12. The molecule has 0 saturated carbocycles. The van der Waals surface area contributed by atoms with Crippen molar-refractivity contribution in [3.63, 3.8) is 0 Å². The van der Waals surface area contributed by atoms with E-state index in [0.29, 0.717) is 11.3 Å². The lowest BCUT2D eigenvalue weighted by atomic mass is 10.2. The number of carbonyl (C=O) groups is 2. The van der Waals surface area contributed by atoms with E-state index in [1.54, 1.807) is 6.92 Å². The van der Waals surface area contributed by atoms with Gasteiger partial charge in [-0.25, -0.2) is 4.39 Å². The van der Waals surface area contributed by atoms with Crippen LogP contribution in [0.4, 0.5) is 10.1 Å². The van der Waals surface area contributed by atoms with Crippen LogP contribution in [0.3, 0.4) is 0 Å². The highest BCUT2D eigenvalue weighted by molar-refractivity contribution is 6.39. The molecule has 0 aliphatic carbocycles. The Morgan fingerprint density at radius 3 is 2.61 bits per heavy atom. The van der Waals surface area contributed by atoms with E-state index in [9.17, 15) is 14.0 Å². The summed E-state index contributed by atoms with van der Waals surface area (Å²) in [4.78, 5) is 22.8. The van der Waals surface area contributed by atoms with Gasteiger partial charge in [-0.3, -0.25) is 9.59 Å². The van der Waals surface area contributed by atoms with E-state index in [0.717, 1.165) is 0 Å². The molecule has 1 atom stereocenters. The van der Waals surface area contributed by atoms with E-state index in [2.05, 4.69) is 10.6 Å². The Balaban J connectivity index is 2.61. The van der Waals surface area contributed by atoms with Crippen molar-refractivity contribution >= 4 is 17.5 Å². The SMILES string of the molecule is Cc1cc(F)ccc1NC(=O)C(=O)NC[C@H](C)O. The smallest absolute Gasteiger partial charge is 0.313 e. The standard InChI is InChI=1S/C12H15FN2O3/c1-7-5-9(13)3-4-10(7)15-12(18)11(17)14-6-8(2)16/h3-5,8,16H,6H2,1-2H3,(H,14,17)(H,15,18)/t8-/m0/s1. The molecule has 0 aromatic heterocycles. The molecule has 0 radical (unpaired) electrons. The lowest BCUT2D eigenvalue weighted by Gasteiger charge is -2.09. The Kier molecular flexibility index (Phi) is 4.79. The summed E-state index contributed by atoms with van der Waals surface area (Å²) in [6, 6.07) is 3.82. The largest absolute Gasteiger partial charge is 0.392 e. The number of benzene rings is 1. The van der Waals surface area contributed by atoms with Gasteiger partial charge in [0.2, 0.25) is 0 Å². The number of nitrogens with one attached hydrogen (secondary N) is 2. The van der Waals surface area contributed by atoms with Crippen LogP contribution < -0.4 is 10.6 Å². The van der Waals surface area contributed by atoms with Crippen LogP contribution >= 0.6 is 0 Å². The summed E-state index contributed by atoms with van der Waals surface area (Å²) < 4.78 is 12.8. The second kappa shape index (κ2) is 6.11. The van der Waals surface area contributed by atoms with Gasteiger partial charge in [-0.1, -0.05) is 0 Å². The summed E-state index contributed by atoms with van der Waals surface area (Å²) in [6.07, 6.45) is -0.727. The first-order valence-electron chi connectivity index (χ1n) is 5.43. The van der Waals surface area contributed by atoms with Crippen molar-refractivity contribution in [3.8, 4) is 0 Å². The van der Waals surface area contributed by atoms with Gasteiger partial charge in [0.1, 0.15) is 5.82 Å². The number of carbonyl (C=O) groups excluding carboxylic acids is 2. The zero-order valence-electron chi connectivity index (χ0n) is 10.2. The van der Waals surface area contributed by atoms with Gasteiger partial charge in [-0.15, -0.1) is 0 Å². The number of anilines is 1. The third kappa shape index (κ3) is 4.14. The highest BCUT2D eigenvalue weighted by Crippen LogP contribution is 2.15. The molecule has 18 heavy (non-hydrogen) atoms. The van der Waals surface area contributed by atoms with Crippen LogP contribution in [0.2, 0.25) is 0 Å². The number of halogens is 1. The van der Waals surface area contributed by atoms with Gasteiger partial charge in [0.05, 0.1) is 6.10 Å². The molecule has 2 amide bonds. The second-order valence-corrected chi connectivity index (χ2v) is 3.97. The van der Waals surface area contributed by atoms with Crippen molar-refractivity contribution in [1.29, 1.82) is 0 Å². The van der Waals surface area contributed by atoms with E-state index in [1.807, 2.05) is 0 Å². The van der Waals surface area contributed by atoms with Crippen LogP contribution in [0.5, 0.6) is 0 Å². The summed E-state index contributed by atoms with van der Waals surface area (Å²) in [6.45, 7) is 3.10. The van der Waals surface area contributed by atoms with Gasteiger partial charge >= 0.3 is 11.8 Å². The monoisotopic (exact) mass is 254 g/mol. The van der Waals surface area contributed by atoms with Crippen LogP contribution in [0.25, 0.3) is 0 Å². The van der Waals surface area contributed by atoms with Crippen molar-refractivity contribution in [2.24, 2.45) is 0 Å². The average Bonchev–Trinajstić information content (AvgIpc) is 2.29. The predicted molar refractivity (Wildman–Crippen MR) is 64.5 cm³/mol. The van der Waals surface area contributed by atoms with Crippen LogP contribution in [-0.2, 0) is 9.59 Å². The number of aryl methyl sites for hydroxylation is 1. The third-order valence-electron chi connectivity index (χ3n) is 2.20. The Bertz CT molecular complexity index is 461. The molecule has 5 nitrogen and oxygen atoms in total. The zero-order valence-corrected chi connectivity index (χ0v) is 10.2. The lowest BCUT2D eigenvalue weighted by Crippen LogP contribution is -2.38. The first-order chi connectivity index (χ1) is 8.40. The lowest BCUT2D eigenvalue weighted by molar-refractivity contribution is -0.136. The van der Waals surface area contributed by atoms with Crippen molar-refractivity contribution in [1.82, 2.24) is 5.32 Å². The molecule has 98 valence electrons. The van der Waals surface area contributed by atoms with Crippen LogP contribution in [0.1, 0.15) is 12.5 Å². The number of aliphatic hydroxyl groups excluding tert-OH is 1. The van der Waals surface area contributed by atoms with Gasteiger partial charge < -0.3 is 15.7 Å². The molecule has 0 fully saturated rings. The Hall–Kier alpha value is -1.95. The topological polar surface area (TPSA) is 78.4 Å². The van der Waals surface area contributed by atoms with E-state index in [4.69, 9.17) is 5.11 Å². The van der Waals surface area contributed by atoms with Crippen molar-refractivity contribution < 1.29 is 19.1 Å². The fraction of sp³-hybridized carbons (Fsp3) is 0.333. The minimum atomic E-state index is -0.856. The molecule has 1 aromatic rings. The molecule has 0 spiro atoms. The van der Waals surface area contributed by atoms with Crippen LogP contribution in [-0.4, -0.2) is 29.6 Å². The summed E-state index contributed by atoms with van der Waals surface area (Å²) >= 11 is 0. The van der Waals surface area contributed by atoms with Gasteiger partial charge in [-0.2, -0.15) is 0 Å². The first kappa shape index (κ1) is 14.1. The summed E-state index contributed by atoms with van der Waals surface area (Å²) in [5.41, 5.74) is 0.889. The van der Waals surface area contributed by atoms with Crippen LogP contribution in [0.15, 0.2) is 18.2 Å². The highest BCUT2D eigenvalue weighted by Gasteiger charge is 2.14. The quantitative estimate of drug-likeness (QED) is 0.690. The highest BCUT2D eigenvalue weighted by atomic mass is 19.1. The molecule has 0 aliphatic rings. The second-order valence-electron chi connectivity index (χ2n) is 3.97. The molecule has 0 saturated heterocycles. The van der Waals surface area contributed by atoms with Crippen molar-refractivity contribution in [3.05, 3.63) is 29.6 Å². The van der Waals surface area contributed by atoms with Gasteiger partial charge in [0.15, 0.2) is 0 Å². The van der Waals surface area contributed by atoms with Gasteiger partial charge in [-0.05, 0) is 37.6 Å². The average molecular weight is 254 g/mol. The van der Waals surface area contributed by atoms with Gasteiger partial charge in [0.25, 0.3) is 0 Å². The summed E-state index contributed by atoms with van der Waals surface area (Å²) in [5, 5.41) is 13.6. The van der Waals surface area contributed by atoms with Gasteiger partial charge in [0, 0.05) is 12.2 Å². The van der Waals surface area contributed by atoms with E-state index in [-0.39, 0.29) is 6.54 Å². The van der Waals surface area contributed by atoms with E-state index >= 15 is 0 Å². The fourth-order valence-corrected chi connectivity index (χ4v) is 1.27. The van der Waals surface area contributed by atoms with E-state index in [1.165, 1.54) is 25.1 Å². The Morgan fingerprint density at radius 1 is 1.39 bits per heavy atom. The molecule has 1 aromatic carbocycles. The molecule has 6 heteroatoms. The minimum absolute atomic E-state index is 0.00530. The number of hydrogen-bond donors (Lipinski definition) is 3. The molecule has 0 bridgehead atoms. The number of aliphatic hydroxyl groups is 1. The number of rotatable bonds is 3. The maximum Gasteiger partial charge on any atom is 0.313 e. The predicted octanol–water partition coefficient (Wildman–Crippen LogP) is 0.570. The Morgan fingerprint density at radius 2 is 2.06 bits per heavy atom. The maximum atomic E-state index is 12.8. The van der Waals surface area contributed by atoms with Crippen molar-refractivity contribution in [2.75, 3.05) is 11.9 Å². The van der Waals surface area contributed by atoms with E-state index < -0.39 is 23.7 Å². The molecule has 0 unspecified atom stereocenters. The van der Waals surface area contributed by atoms with Crippen molar-refractivity contribution in [2.45, 2.75) is 20.0 Å². The molecular weight excluding hydrogens is 239 g/mol. The van der Waals surface area contributed by atoms with Crippen LogP contribution in [0, 0.1) is 12.7 Å². The molecule has 0 aliphatic heterocycles. The first-order valence-corrected chi connectivity index (χ1v) is 5.43. The minimum Gasteiger partial charge on any atom is -0.392 e. The zero-order chi connectivity index (χ0) is 13.7. The molecule has 1 rings (SSSR count). The molecular formula is C12H15FN2O3.